The molecule has 3 amide bonds. The van der Waals surface area contributed by atoms with E-state index in [9.17, 15) is 14.7 Å². The van der Waals surface area contributed by atoms with Crippen molar-refractivity contribution in [1.29, 1.82) is 0 Å². The molecule has 3 N–H and O–H groups in total. The molecule has 1 aliphatic rings. The lowest BCUT2D eigenvalue weighted by Gasteiger charge is -2.25. The van der Waals surface area contributed by atoms with E-state index in [1.807, 2.05) is 30.3 Å². The fourth-order valence-electron chi connectivity index (χ4n) is 2.19. The van der Waals surface area contributed by atoms with Gasteiger partial charge in [-0.2, -0.15) is 0 Å². The standard InChI is InChI=1S/C15H13ClN2O3S2/c1-15(13(20)17-14(21)18-15)12(19)10-6-7-11(23-10)22-9-4-2-8(16)3-5-9/h2-7,12,19H,1H3,(H2,17,18,20,21). The highest BCUT2D eigenvalue weighted by atomic mass is 35.5. The summed E-state index contributed by atoms with van der Waals surface area (Å²) >= 11 is 8.78. The molecule has 2 heterocycles. The van der Waals surface area contributed by atoms with Crippen molar-refractivity contribution in [2.45, 2.75) is 27.7 Å². The number of thiophene rings is 1. The highest BCUT2D eigenvalue weighted by Gasteiger charge is 2.48. The van der Waals surface area contributed by atoms with Crippen molar-refractivity contribution in [3.8, 4) is 0 Å². The molecular formula is C15H13ClN2O3S2. The van der Waals surface area contributed by atoms with Crippen LogP contribution < -0.4 is 10.6 Å². The molecule has 8 heteroatoms. The average Bonchev–Trinajstić information content (AvgIpc) is 3.06. The third-order valence-corrected chi connectivity index (χ3v) is 6.05. The van der Waals surface area contributed by atoms with Crippen LogP contribution in [0.25, 0.3) is 0 Å². The topological polar surface area (TPSA) is 78.4 Å². The van der Waals surface area contributed by atoms with Gasteiger partial charge in [-0.25, -0.2) is 4.79 Å². The predicted octanol–water partition coefficient (Wildman–Crippen LogP) is 3.18. The normalized spacial score (nSPS) is 21.9. The molecule has 1 saturated heterocycles. The number of aliphatic hydroxyl groups is 1. The molecule has 0 bridgehead atoms. The van der Waals surface area contributed by atoms with Crippen molar-refractivity contribution < 1.29 is 14.7 Å². The van der Waals surface area contributed by atoms with Gasteiger partial charge in [0.2, 0.25) is 0 Å². The summed E-state index contributed by atoms with van der Waals surface area (Å²) in [6.07, 6.45) is -1.11. The summed E-state index contributed by atoms with van der Waals surface area (Å²) < 4.78 is 0.967. The first-order valence-electron chi connectivity index (χ1n) is 6.73. The van der Waals surface area contributed by atoms with Crippen molar-refractivity contribution in [3.05, 3.63) is 46.3 Å². The number of urea groups is 1. The minimum absolute atomic E-state index is 0.532. The maximum atomic E-state index is 11.9. The number of benzene rings is 1. The van der Waals surface area contributed by atoms with Gasteiger partial charge in [-0.3, -0.25) is 10.1 Å². The van der Waals surface area contributed by atoms with Crippen molar-refractivity contribution in [1.82, 2.24) is 10.6 Å². The van der Waals surface area contributed by atoms with Crippen molar-refractivity contribution in [2.75, 3.05) is 0 Å². The summed E-state index contributed by atoms with van der Waals surface area (Å²) in [6, 6.07) is 10.5. The summed E-state index contributed by atoms with van der Waals surface area (Å²) in [5.41, 5.74) is -1.36. The van der Waals surface area contributed by atoms with Gasteiger partial charge in [0, 0.05) is 14.8 Å². The molecule has 0 spiro atoms. The molecule has 2 unspecified atom stereocenters. The monoisotopic (exact) mass is 368 g/mol. The van der Waals surface area contributed by atoms with Crippen LogP contribution in [0.15, 0.2) is 45.5 Å². The first kappa shape index (κ1) is 16.3. The molecule has 2 atom stereocenters. The van der Waals surface area contributed by atoms with Crippen LogP contribution in [0.3, 0.4) is 0 Å². The highest BCUT2D eigenvalue weighted by molar-refractivity contribution is 8.01. The SMILES string of the molecule is CC1(C(O)c2ccc(Sc3ccc(Cl)cc3)s2)NC(=O)NC1=O. The summed E-state index contributed by atoms with van der Waals surface area (Å²) in [4.78, 5) is 24.8. The van der Waals surface area contributed by atoms with Crippen LogP contribution in [-0.2, 0) is 4.79 Å². The van der Waals surface area contributed by atoms with E-state index in [4.69, 9.17) is 11.6 Å². The van der Waals surface area contributed by atoms with E-state index in [1.54, 1.807) is 6.07 Å². The number of hydrogen-bond acceptors (Lipinski definition) is 5. The van der Waals surface area contributed by atoms with Crippen LogP contribution in [0.2, 0.25) is 5.02 Å². The molecule has 1 fully saturated rings. The fourth-order valence-corrected chi connectivity index (χ4v) is 4.55. The Morgan fingerprint density at radius 2 is 1.91 bits per heavy atom. The molecule has 0 saturated carbocycles. The lowest BCUT2D eigenvalue weighted by Crippen LogP contribution is -2.48. The van der Waals surface area contributed by atoms with Gasteiger partial charge in [0.15, 0.2) is 0 Å². The van der Waals surface area contributed by atoms with Gasteiger partial charge in [-0.15, -0.1) is 11.3 Å². The smallest absolute Gasteiger partial charge is 0.322 e. The van der Waals surface area contributed by atoms with Gasteiger partial charge in [0.1, 0.15) is 11.6 Å². The maximum absolute atomic E-state index is 11.9. The van der Waals surface area contributed by atoms with Gasteiger partial charge < -0.3 is 10.4 Å². The molecule has 1 aromatic carbocycles. The Kier molecular flexibility index (Phi) is 4.37. The van der Waals surface area contributed by atoms with E-state index in [0.717, 1.165) is 9.10 Å². The second-order valence-corrected chi connectivity index (χ2v) is 8.15. The Morgan fingerprint density at radius 3 is 2.52 bits per heavy atom. The number of nitrogens with one attached hydrogen (secondary N) is 2. The first-order chi connectivity index (χ1) is 10.9. The number of aliphatic hydroxyl groups excluding tert-OH is 1. The largest absolute Gasteiger partial charge is 0.385 e. The molecule has 3 rings (SSSR count). The molecule has 5 nitrogen and oxygen atoms in total. The Morgan fingerprint density at radius 1 is 1.22 bits per heavy atom. The number of amides is 3. The average molecular weight is 369 g/mol. The minimum Gasteiger partial charge on any atom is -0.385 e. The van der Waals surface area contributed by atoms with Gasteiger partial charge in [-0.05, 0) is 43.3 Å². The van der Waals surface area contributed by atoms with E-state index in [0.29, 0.717) is 9.90 Å². The second kappa shape index (κ2) is 6.16. The van der Waals surface area contributed by atoms with E-state index in [2.05, 4.69) is 10.6 Å². The lowest BCUT2D eigenvalue weighted by molar-refractivity contribution is -0.127. The van der Waals surface area contributed by atoms with Gasteiger partial charge in [0.05, 0.1) is 4.21 Å². The molecule has 0 aliphatic carbocycles. The maximum Gasteiger partial charge on any atom is 0.322 e. The number of hydrogen-bond donors (Lipinski definition) is 3. The zero-order chi connectivity index (χ0) is 16.6. The predicted molar refractivity (Wildman–Crippen MR) is 89.9 cm³/mol. The summed E-state index contributed by atoms with van der Waals surface area (Å²) in [5, 5.41) is 15.8. The van der Waals surface area contributed by atoms with Gasteiger partial charge in [-0.1, -0.05) is 23.4 Å². The summed E-state index contributed by atoms with van der Waals surface area (Å²) in [6.45, 7) is 1.50. The number of halogens is 1. The van der Waals surface area contributed by atoms with Crippen LogP contribution in [-0.4, -0.2) is 22.6 Å². The summed E-state index contributed by atoms with van der Waals surface area (Å²) in [7, 11) is 0. The molecule has 120 valence electrons. The zero-order valence-corrected chi connectivity index (χ0v) is 14.4. The zero-order valence-electron chi connectivity index (χ0n) is 12.0. The third kappa shape index (κ3) is 3.23. The molecule has 2 aromatic rings. The van der Waals surface area contributed by atoms with Crippen molar-refractivity contribution >= 4 is 46.6 Å². The lowest BCUT2D eigenvalue weighted by atomic mass is 9.94. The molecule has 1 aliphatic heterocycles. The number of carbonyl (C=O) groups is 2. The molecule has 1 aromatic heterocycles. The second-order valence-electron chi connectivity index (χ2n) is 5.23. The van der Waals surface area contributed by atoms with Crippen LogP contribution in [0.1, 0.15) is 17.9 Å². The van der Waals surface area contributed by atoms with E-state index < -0.39 is 23.6 Å². The Bertz CT molecular complexity index is 762. The molecule has 23 heavy (non-hydrogen) atoms. The fraction of sp³-hybridized carbons (Fsp3) is 0.200. The number of rotatable bonds is 4. The van der Waals surface area contributed by atoms with Gasteiger partial charge >= 0.3 is 6.03 Å². The quantitative estimate of drug-likeness (QED) is 0.724. The van der Waals surface area contributed by atoms with E-state index in [-0.39, 0.29) is 0 Å². The Labute approximate surface area is 146 Å². The van der Waals surface area contributed by atoms with Crippen LogP contribution in [0.4, 0.5) is 4.79 Å². The number of imide groups is 1. The Hall–Kier alpha value is -1.54. The minimum atomic E-state index is -1.36. The molecular weight excluding hydrogens is 356 g/mol. The Balaban J connectivity index is 1.77. The highest BCUT2D eigenvalue weighted by Crippen LogP contribution is 2.39. The number of carbonyl (C=O) groups excluding carboxylic acids is 2. The van der Waals surface area contributed by atoms with Crippen LogP contribution >= 0.6 is 34.7 Å². The van der Waals surface area contributed by atoms with Crippen molar-refractivity contribution in [3.63, 3.8) is 0 Å². The molecule has 0 radical (unpaired) electrons. The van der Waals surface area contributed by atoms with Gasteiger partial charge in [0.25, 0.3) is 5.91 Å². The van der Waals surface area contributed by atoms with Crippen LogP contribution in [0, 0.1) is 0 Å². The van der Waals surface area contributed by atoms with Crippen molar-refractivity contribution in [2.24, 2.45) is 0 Å². The summed E-state index contributed by atoms with van der Waals surface area (Å²) in [5.74, 6) is -0.532. The first-order valence-corrected chi connectivity index (χ1v) is 8.74. The van der Waals surface area contributed by atoms with E-state index in [1.165, 1.54) is 30.0 Å². The third-order valence-electron chi connectivity index (χ3n) is 3.52. The van der Waals surface area contributed by atoms with E-state index >= 15 is 0 Å². The van der Waals surface area contributed by atoms with Crippen LogP contribution in [0.5, 0.6) is 0 Å².